The summed E-state index contributed by atoms with van der Waals surface area (Å²) in [6, 6.07) is 23.5. The fraction of sp³-hybridized carbons (Fsp3) is 0.267. The number of hydrogen-bond donors (Lipinski definition) is 1. The maximum Gasteiger partial charge on any atom is 0.246 e. The lowest BCUT2D eigenvalue weighted by Gasteiger charge is -2.47. The normalized spacial score (nSPS) is 20.3. The summed E-state index contributed by atoms with van der Waals surface area (Å²) in [5.41, 5.74) is 5.42. The first-order valence-electron chi connectivity index (χ1n) is 12.8. The lowest BCUT2D eigenvalue weighted by molar-refractivity contribution is -0.160. The SMILES string of the molecule is O=C1[C@@H]2Cc3c([nH]c4ccccc34)[C@H](CCc3ccccc3)N2C(=O)CN1Cc1ccc2c(c1)OCO2. The number of aromatic nitrogens is 1. The molecule has 2 atom stereocenters. The molecule has 7 heteroatoms. The van der Waals surface area contributed by atoms with Crippen molar-refractivity contribution in [2.45, 2.75) is 37.9 Å². The third-order valence-corrected chi connectivity index (χ3v) is 7.82. The Labute approximate surface area is 214 Å². The predicted octanol–water partition coefficient (Wildman–Crippen LogP) is 4.37. The highest BCUT2D eigenvalue weighted by molar-refractivity contribution is 5.97. The van der Waals surface area contributed by atoms with Crippen LogP contribution >= 0.6 is 0 Å². The highest BCUT2D eigenvalue weighted by Crippen LogP contribution is 2.41. The van der Waals surface area contributed by atoms with Crippen LogP contribution in [-0.2, 0) is 29.0 Å². The van der Waals surface area contributed by atoms with Gasteiger partial charge in [-0.1, -0.05) is 54.6 Å². The minimum Gasteiger partial charge on any atom is -0.454 e. The molecule has 37 heavy (non-hydrogen) atoms. The van der Waals surface area contributed by atoms with E-state index < -0.39 is 6.04 Å². The number of aryl methyl sites for hydroxylation is 1. The molecule has 0 bridgehead atoms. The number of para-hydroxylation sites is 1. The molecule has 4 aromatic rings. The second-order valence-electron chi connectivity index (χ2n) is 10.0. The van der Waals surface area contributed by atoms with E-state index in [4.69, 9.17) is 9.47 Å². The monoisotopic (exact) mass is 493 g/mol. The first-order valence-corrected chi connectivity index (χ1v) is 12.8. The minimum absolute atomic E-state index is 0.00194. The van der Waals surface area contributed by atoms with Crippen molar-refractivity contribution in [1.29, 1.82) is 0 Å². The lowest BCUT2D eigenvalue weighted by atomic mass is 9.86. The van der Waals surface area contributed by atoms with Crippen molar-refractivity contribution in [3.8, 4) is 11.5 Å². The molecule has 0 spiro atoms. The van der Waals surface area contributed by atoms with Gasteiger partial charge in [-0.3, -0.25) is 9.59 Å². The Morgan fingerprint density at radius 2 is 1.70 bits per heavy atom. The molecule has 186 valence electrons. The number of ether oxygens (including phenoxy) is 2. The fourth-order valence-electron chi connectivity index (χ4n) is 6.09. The molecular weight excluding hydrogens is 466 g/mol. The van der Waals surface area contributed by atoms with E-state index in [1.807, 2.05) is 53.4 Å². The number of aromatic amines is 1. The highest BCUT2D eigenvalue weighted by atomic mass is 16.7. The van der Waals surface area contributed by atoms with Gasteiger partial charge >= 0.3 is 0 Å². The Balaban J connectivity index is 1.22. The largest absolute Gasteiger partial charge is 0.454 e. The van der Waals surface area contributed by atoms with Crippen LogP contribution in [0.15, 0.2) is 72.8 Å². The van der Waals surface area contributed by atoms with E-state index in [9.17, 15) is 9.59 Å². The van der Waals surface area contributed by atoms with Crippen molar-refractivity contribution >= 4 is 22.7 Å². The number of fused-ring (bicyclic) bond motifs is 5. The third-order valence-electron chi connectivity index (χ3n) is 7.82. The molecule has 3 aliphatic heterocycles. The number of nitrogens with one attached hydrogen (secondary N) is 1. The van der Waals surface area contributed by atoms with E-state index in [0.29, 0.717) is 24.5 Å². The van der Waals surface area contributed by atoms with Crippen molar-refractivity contribution < 1.29 is 19.1 Å². The Bertz CT molecular complexity index is 1510. The average Bonchev–Trinajstić information content (AvgIpc) is 3.54. The van der Waals surface area contributed by atoms with Crippen LogP contribution in [0.4, 0.5) is 0 Å². The van der Waals surface area contributed by atoms with Crippen molar-refractivity contribution in [3.63, 3.8) is 0 Å². The molecule has 0 radical (unpaired) electrons. The number of H-pyrrole nitrogens is 1. The Morgan fingerprint density at radius 3 is 2.59 bits per heavy atom. The van der Waals surface area contributed by atoms with Gasteiger partial charge in [0.15, 0.2) is 11.5 Å². The Morgan fingerprint density at radius 1 is 0.892 bits per heavy atom. The third kappa shape index (κ3) is 3.73. The van der Waals surface area contributed by atoms with Gasteiger partial charge in [-0.05, 0) is 47.7 Å². The molecule has 3 aliphatic rings. The van der Waals surface area contributed by atoms with Crippen LogP contribution in [0.1, 0.15) is 34.8 Å². The molecule has 3 aromatic carbocycles. The Kier molecular flexibility index (Phi) is 5.16. The molecular formula is C30H27N3O4. The summed E-state index contributed by atoms with van der Waals surface area (Å²) in [6.45, 7) is 0.635. The number of carbonyl (C=O) groups is 2. The quantitative estimate of drug-likeness (QED) is 0.448. The smallest absolute Gasteiger partial charge is 0.246 e. The minimum atomic E-state index is -0.511. The second kappa shape index (κ2) is 8.69. The van der Waals surface area contributed by atoms with Gasteiger partial charge < -0.3 is 24.3 Å². The van der Waals surface area contributed by atoms with Crippen molar-refractivity contribution in [2.24, 2.45) is 0 Å². The van der Waals surface area contributed by atoms with Crippen molar-refractivity contribution in [2.75, 3.05) is 13.3 Å². The van der Waals surface area contributed by atoms with Crippen molar-refractivity contribution in [3.05, 3.63) is 95.2 Å². The average molecular weight is 494 g/mol. The second-order valence-corrected chi connectivity index (χ2v) is 10.0. The molecule has 4 heterocycles. The summed E-state index contributed by atoms with van der Waals surface area (Å²) in [5, 5.41) is 1.13. The standard InChI is InChI=1S/C30H27N3O4/c34-28-17-32(16-20-11-13-26-27(14-20)37-18-36-26)30(35)25-15-22-21-8-4-5-9-23(21)31-29(22)24(33(25)28)12-10-19-6-2-1-3-7-19/h1-9,11,13-14,24-25,31H,10,12,15-18H2/t24-,25-/m0/s1. The van der Waals surface area contributed by atoms with Gasteiger partial charge in [-0.25, -0.2) is 0 Å². The first-order chi connectivity index (χ1) is 18.2. The molecule has 7 nitrogen and oxygen atoms in total. The van der Waals surface area contributed by atoms with Gasteiger partial charge in [0.05, 0.1) is 6.04 Å². The summed E-state index contributed by atoms with van der Waals surface area (Å²) in [7, 11) is 0. The molecule has 0 saturated carbocycles. The number of nitrogens with zero attached hydrogens (tertiary/aromatic N) is 2. The van der Waals surface area contributed by atoms with Crippen LogP contribution in [0.5, 0.6) is 11.5 Å². The zero-order valence-corrected chi connectivity index (χ0v) is 20.4. The highest BCUT2D eigenvalue weighted by Gasteiger charge is 2.47. The van der Waals surface area contributed by atoms with Crippen LogP contribution in [0.3, 0.4) is 0 Å². The van der Waals surface area contributed by atoms with Gasteiger partial charge in [0.25, 0.3) is 0 Å². The molecule has 2 amide bonds. The summed E-state index contributed by atoms with van der Waals surface area (Å²) in [6.07, 6.45) is 2.09. The van der Waals surface area contributed by atoms with E-state index in [2.05, 4.69) is 29.2 Å². The van der Waals surface area contributed by atoms with Crippen LogP contribution in [0, 0.1) is 0 Å². The fourth-order valence-corrected chi connectivity index (χ4v) is 6.09. The van der Waals surface area contributed by atoms with E-state index in [-0.39, 0.29) is 31.2 Å². The molecule has 0 unspecified atom stereocenters. The van der Waals surface area contributed by atoms with E-state index in [1.165, 1.54) is 5.56 Å². The topological polar surface area (TPSA) is 74.9 Å². The summed E-state index contributed by atoms with van der Waals surface area (Å²) in [5.74, 6) is 1.37. The molecule has 1 aromatic heterocycles. The maximum atomic E-state index is 13.9. The number of piperazine rings is 1. The van der Waals surface area contributed by atoms with E-state index >= 15 is 0 Å². The molecule has 7 rings (SSSR count). The van der Waals surface area contributed by atoms with Gasteiger partial charge in [-0.2, -0.15) is 0 Å². The van der Waals surface area contributed by atoms with E-state index in [0.717, 1.165) is 40.6 Å². The zero-order chi connectivity index (χ0) is 24.9. The van der Waals surface area contributed by atoms with Gasteiger partial charge in [0.2, 0.25) is 18.6 Å². The van der Waals surface area contributed by atoms with Crippen LogP contribution in [0.2, 0.25) is 0 Å². The molecule has 1 fully saturated rings. The molecule has 0 aliphatic carbocycles. The number of amides is 2. The van der Waals surface area contributed by atoms with Crippen molar-refractivity contribution in [1.82, 2.24) is 14.8 Å². The van der Waals surface area contributed by atoms with Crippen LogP contribution < -0.4 is 9.47 Å². The first kappa shape index (κ1) is 22.0. The maximum absolute atomic E-state index is 13.9. The van der Waals surface area contributed by atoms with E-state index in [1.54, 1.807) is 4.90 Å². The Hall–Kier alpha value is -4.26. The number of benzene rings is 3. The zero-order valence-electron chi connectivity index (χ0n) is 20.4. The predicted molar refractivity (Wildman–Crippen MR) is 138 cm³/mol. The molecule has 1 N–H and O–H groups in total. The van der Waals surface area contributed by atoms with Crippen LogP contribution in [-0.4, -0.2) is 46.0 Å². The number of carbonyl (C=O) groups excluding carboxylic acids is 2. The van der Waals surface area contributed by atoms with Gasteiger partial charge in [-0.15, -0.1) is 0 Å². The van der Waals surface area contributed by atoms with Gasteiger partial charge in [0, 0.05) is 29.6 Å². The summed E-state index contributed by atoms with van der Waals surface area (Å²) >= 11 is 0. The number of hydrogen-bond acceptors (Lipinski definition) is 4. The molecule has 1 saturated heterocycles. The number of rotatable bonds is 5. The summed E-state index contributed by atoms with van der Waals surface area (Å²) < 4.78 is 10.9. The van der Waals surface area contributed by atoms with Crippen LogP contribution in [0.25, 0.3) is 10.9 Å². The summed E-state index contributed by atoms with van der Waals surface area (Å²) in [4.78, 5) is 34.7. The van der Waals surface area contributed by atoms with Gasteiger partial charge in [0.1, 0.15) is 12.6 Å². The lowest BCUT2D eigenvalue weighted by Crippen LogP contribution is -2.62.